The minimum absolute atomic E-state index is 0.148. The SMILES string of the molecule is Cc1oc(S(=O)(=O)O)cc1COc1ccc(-c2ccccc2)cc1. The quantitative estimate of drug-likeness (QED) is 0.706. The Balaban J connectivity index is 1.70. The third-order valence-electron chi connectivity index (χ3n) is 3.61. The lowest BCUT2D eigenvalue weighted by Crippen LogP contribution is -1.96. The van der Waals surface area contributed by atoms with E-state index in [9.17, 15) is 8.42 Å². The lowest BCUT2D eigenvalue weighted by Gasteiger charge is -2.07. The van der Waals surface area contributed by atoms with Crippen LogP contribution in [0.25, 0.3) is 11.1 Å². The van der Waals surface area contributed by atoms with Crippen LogP contribution in [0.4, 0.5) is 0 Å². The van der Waals surface area contributed by atoms with Crippen LogP contribution in [0.3, 0.4) is 0 Å². The van der Waals surface area contributed by atoms with E-state index in [1.807, 2.05) is 54.6 Å². The maximum atomic E-state index is 11.1. The van der Waals surface area contributed by atoms with E-state index in [1.54, 1.807) is 6.92 Å². The Hall–Kier alpha value is -2.57. The second-order valence-electron chi connectivity index (χ2n) is 5.30. The van der Waals surface area contributed by atoms with E-state index < -0.39 is 15.2 Å². The van der Waals surface area contributed by atoms with Crippen molar-refractivity contribution in [2.75, 3.05) is 0 Å². The first kappa shape index (κ1) is 16.3. The molecule has 3 aromatic rings. The summed E-state index contributed by atoms with van der Waals surface area (Å²) in [6.07, 6.45) is 0. The fourth-order valence-electron chi connectivity index (χ4n) is 2.30. The van der Waals surface area contributed by atoms with Gasteiger partial charge in [0.15, 0.2) is 0 Å². The van der Waals surface area contributed by atoms with Crippen LogP contribution in [-0.4, -0.2) is 13.0 Å². The highest BCUT2D eigenvalue weighted by Crippen LogP contribution is 2.24. The topological polar surface area (TPSA) is 76.7 Å². The van der Waals surface area contributed by atoms with Crippen molar-refractivity contribution in [2.24, 2.45) is 0 Å². The number of benzene rings is 2. The molecule has 2 aromatic carbocycles. The minimum Gasteiger partial charge on any atom is -0.489 e. The largest absolute Gasteiger partial charge is 0.489 e. The van der Waals surface area contributed by atoms with Crippen LogP contribution in [0.5, 0.6) is 5.75 Å². The number of hydrogen-bond donors (Lipinski definition) is 1. The van der Waals surface area contributed by atoms with Crippen molar-refractivity contribution in [2.45, 2.75) is 18.6 Å². The van der Waals surface area contributed by atoms with Crippen LogP contribution < -0.4 is 4.74 Å². The van der Waals surface area contributed by atoms with Gasteiger partial charge in [0.05, 0.1) is 0 Å². The van der Waals surface area contributed by atoms with Crippen LogP contribution in [0, 0.1) is 6.92 Å². The summed E-state index contributed by atoms with van der Waals surface area (Å²) in [5.41, 5.74) is 2.76. The molecule has 0 aliphatic heterocycles. The van der Waals surface area contributed by atoms with Crippen molar-refractivity contribution in [1.82, 2.24) is 0 Å². The number of aryl methyl sites for hydroxylation is 1. The van der Waals surface area contributed by atoms with Gasteiger partial charge in [0.25, 0.3) is 0 Å². The second-order valence-corrected chi connectivity index (χ2v) is 6.65. The molecule has 0 aliphatic carbocycles. The minimum atomic E-state index is -4.35. The van der Waals surface area contributed by atoms with Gasteiger partial charge in [0.2, 0.25) is 5.09 Å². The van der Waals surface area contributed by atoms with Gasteiger partial charge in [-0.05, 0) is 30.2 Å². The molecule has 0 fully saturated rings. The molecule has 24 heavy (non-hydrogen) atoms. The molecular weight excluding hydrogens is 328 g/mol. The van der Waals surface area contributed by atoms with E-state index in [-0.39, 0.29) is 6.61 Å². The monoisotopic (exact) mass is 344 g/mol. The molecule has 124 valence electrons. The lowest BCUT2D eigenvalue weighted by atomic mass is 10.1. The Kier molecular flexibility index (Phi) is 4.42. The van der Waals surface area contributed by atoms with Crippen molar-refractivity contribution in [1.29, 1.82) is 0 Å². The molecule has 0 bridgehead atoms. The van der Waals surface area contributed by atoms with E-state index in [1.165, 1.54) is 6.07 Å². The molecule has 6 heteroatoms. The molecule has 0 amide bonds. The van der Waals surface area contributed by atoms with Gasteiger partial charge in [-0.25, -0.2) is 0 Å². The zero-order chi connectivity index (χ0) is 17.2. The van der Waals surface area contributed by atoms with Gasteiger partial charge >= 0.3 is 10.1 Å². The summed E-state index contributed by atoms with van der Waals surface area (Å²) in [4.78, 5) is 0. The molecular formula is C18H16O5S. The molecule has 1 aromatic heterocycles. The zero-order valence-corrected chi connectivity index (χ0v) is 13.8. The van der Waals surface area contributed by atoms with Crippen molar-refractivity contribution in [3.05, 3.63) is 72.0 Å². The van der Waals surface area contributed by atoms with Crippen LogP contribution in [0.15, 0.2) is 70.2 Å². The Morgan fingerprint density at radius 2 is 1.62 bits per heavy atom. The van der Waals surface area contributed by atoms with Crippen LogP contribution >= 0.6 is 0 Å². The summed E-state index contributed by atoms with van der Waals surface area (Å²) in [6, 6.07) is 18.9. The third kappa shape index (κ3) is 3.67. The van der Waals surface area contributed by atoms with Gasteiger partial charge in [0, 0.05) is 11.6 Å². The fourth-order valence-corrected chi connectivity index (χ4v) is 2.82. The maximum Gasteiger partial charge on any atom is 0.328 e. The predicted molar refractivity (Wildman–Crippen MR) is 89.5 cm³/mol. The molecule has 5 nitrogen and oxygen atoms in total. The van der Waals surface area contributed by atoms with Gasteiger partial charge in [0.1, 0.15) is 18.1 Å². The van der Waals surface area contributed by atoms with Crippen LogP contribution in [-0.2, 0) is 16.7 Å². The number of rotatable bonds is 5. The summed E-state index contributed by atoms with van der Waals surface area (Å²) < 4.78 is 41.8. The highest BCUT2D eigenvalue weighted by atomic mass is 32.2. The predicted octanol–water partition coefficient (Wildman–Crippen LogP) is 4.08. The maximum absolute atomic E-state index is 11.1. The highest BCUT2D eigenvalue weighted by Gasteiger charge is 2.18. The van der Waals surface area contributed by atoms with E-state index >= 15 is 0 Å². The van der Waals surface area contributed by atoms with Gasteiger partial charge in [-0.1, -0.05) is 42.5 Å². The standard InChI is InChI=1S/C18H16O5S/c1-13-16(11-18(23-13)24(19,20)21)12-22-17-9-7-15(8-10-17)14-5-3-2-4-6-14/h2-11H,12H2,1H3,(H,19,20,21). The van der Waals surface area contributed by atoms with Crippen molar-refractivity contribution >= 4 is 10.1 Å². The highest BCUT2D eigenvalue weighted by molar-refractivity contribution is 7.85. The van der Waals surface area contributed by atoms with Crippen LogP contribution in [0.2, 0.25) is 0 Å². The first-order valence-corrected chi connectivity index (χ1v) is 8.72. The van der Waals surface area contributed by atoms with E-state index in [2.05, 4.69) is 0 Å². The normalized spacial score (nSPS) is 11.4. The van der Waals surface area contributed by atoms with Crippen molar-refractivity contribution < 1.29 is 22.1 Å². The summed E-state index contributed by atoms with van der Waals surface area (Å²) in [6.45, 7) is 1.77. The molecule has 0 spiro atoms. The molecule has 0 radical (unpaired) electrons. The number of ether oxygens (including phenoxy) is 1. The van der Waals surface area contributed by atoms with Gasteiger partial charge in [-0.2, -0.15) is 8.42 Å². The number of furan rings is 1. The molecule has 0 saturated carbocycles. The smallest absolute Gasteiger partial charge is 0.328 e. The Morgan fingerprint density at radius 3 is 2.21 bits per heavy atom. The number of hydrogen-bond acceptors (Lipinski definition) is 4. The molecule has 1 heterocycles. The molecule has 0 saturated heterocycles. The van der Waals surface area contributed by atoms with E-state index in [0.717, 1.165) is 11.1 Å². The van der Waals surface area contributed by atoms with E-state index in [0.29, 0.717) is 17.1 Å². The van der Waals surface area contributed by atoms with Crippen molar-refractivity contribution in [3.63, 3.8) is 0 Å². The molecule has 3 rings (SSSR count). The Morgan fingerprint density at radius 1 is 1.00 bits per heavy atom. The molecule has 1 N–H and O–H groups in total. The van der Waals surface area contributed by atoms with Gasteiger partial charge in [-0.15, -0.1) is 0 Å². The van der Waals surface area contributed by atoms with Crippen LogP contribution in [0.1, 0.15) is 11.3 Å². The van der Waals surface area contributed by atoms with Crippen molar-refractivity contribution in [3.8, 4) is 16.9 Å². The summed E-state index contributed by atoms with van der Waals surface area (Å²) in [7, 11) is -4.35. The average molecular weight is 344 g/mol. The summed E-state index contributed by atoms with van der Waals surface area (Å²) >= 11 is 0. The second kappa shape index (κ2) is 6.51. The lowest BCUT2D eigenvalue weighted by molar-refractivity contribution is 0.302. The van der Waals surface area contributed by atoms with E-state index in [4.69, 9.17) is 13.7 Å². The average Bonchev–Trinajstić information content (AvgIpc) is 2.95. The molecule has 0 aliphatic rings. The summed E-state index contributed by atoms with van der Waals surface area (Å²) in [5.74, 6) is 1.05. The Bertz CT molecular complexity index is 925. The fraction of sp³-hybridized carbons (Fsp3) is 0.111. The first-order chi connectivity index (χ1) is 11.4. The summed E-state index contributed by atoms with van der Waals surface area (Å²) in [5, 5.41) is -0.474. The molecule has 0 atom stereocenters. The van der Waals surface area contributed by atoms with Gasteiger partial charge < -0.3 is 9.15 Å². The Labute approximate surface area is 140 Å². The first-order valence-electron chi connectivity index (χ1n) is 7.28. The zero-order valence-electron chi connectivity index (χ0n) is 13.0. The third-order valence-corrected chi connectivity index (χ3v) is 4.32. The molecule has 0 unspecified atom stereocenters. The van der Waals surface area contributed by atoms with Gasteiger partial charge in [-0.3, -0.25) is 4.55 Å².